The Morgan fingerprint density at radius 1 is 1.20 bits per heavy atom. The first kappa shape index (κ1) is 11.0. The molecule has 1 rings (SSSR count). The summed E-state index contributed by atoms with van der Waals surface area (Å²) in [5.74, 6) is 3.74. The van der Waals surface area contributed by atoms with Crippen LogP contribution in [0.15, 0.2) is 24.3 Å². The van der Waals surface area contributed by atoms with Crippen LogP contribution in [0, 0.1) is 0 Å². The number of nitrogens with two attached hydrogens (primary N) is 1. The molecule has 6 nitrogen and oxygen atoms in total. The molecule has 0 saturated carbocycles. The van der Waals surface area contributed by atoms with Crippen molar-refractivity contribution in [2.45, 2.75) is 0 Å². The molecule has 2 amide bonds. The first-order chi connectivity index (χ1) is 7.17. The van der Waals surface area contributed by atoms with E-state index in [-0.39, 0.29) is 0 Å². The molecular formula is C9H11N3O3. The summed E-state index contributed by atoms with van der Waals surface area (Å²) in [7, 11) is 1.54. The van der Waals surface area contributed by atoms with Gasteiger partial charge in [-0.1, -0.05) is 0 Å². The summed E-state index contributed by atoms with van der Waals surface area (Å²) in [5.41, 5.74) is 2.22. The van der Waals surface area contributed by atoms with Crippen LogP contribution in [0.5, 0.6) is 5.75 Å². The molecule has 0 aliphatic rings. The lowest BCUT2D eigenvalue weighted by atomic mass is 10.3. The third kappa shape index (κ3) is 2.96. The Labute approximate surface area is 86.4 Å². The Morgan fingerprint density at radius 2 is 1.80 bits per heavy atom. The normalized spacial score (nSPS) is 9.20. The van der Waals surface area contributed by atoms with Gasteiger partial charge in [-0.25, -0.2) is 5.84 Å². The number of hydrazine groups is 1. The lowest BCUT2D eigenvalue weighted by Crippen LogP contribution is -2.39. The van der Waals surface area contributed by atoms with Crippen LogP contribution in [0.1, 0.15) is 0 Å². The molecule has 0 saturated heterocycles. The van der Waals surface area contributed by atoms with Crippen LogP contribution in [0.3, 0.4) is 0 Å². The van der Waals surface area contributed by atoms with Crippen LogP contribution in [-0.4, -0.2) is 18.9 Å². The van der Waals surface area contributed by atoms with E-state index in [0.29, 0.717) is 11.4 Å². The smallest absolute Gasteiger partial charge is 0.323 e. The van der Waals surface area contributed by atoms with E-state index in [9.17, 15) is 9.59 Å². The van der Waals surface area contributed by atoms with Gasteiger partial charge in [0.15, 0.2) is 0 Å². The zero-order chi connectivity index (χ0) is 11.3. The highest BCUT2D eigenvalue weighted by molar-refractivity contribution is 6.39. The second-order valence-corrected chi connectivity index (χ2v) is 2.66. The minimum Gasteiger partial charge on any atom is -0.497 e. The monoisotopic (exact) mass is 209 g/mol. The number of methoxy groups -OCH3 is 1. The molecule has 0 aliphatic carbocycles. The highest BCUT2D eigenvalue weighted by Gasteiger charge is 2.11. The molecule has 0 aliphatic heterocycles. The highest BCUT2D eigenvalue weighted by atomic mass is 16.5. The quantitative estimate of drug-likeness (QED) is 0.268. The fourth-order valence-corrected chi connectivity index (χ4v) is 0.928. The zero-order valence-corrected chi connectivity index (χ0v) is 8.11. The largest absolute Gasteiger partial charge is 0.497 e. The molecule has 6 heteroatoms. The van der Waals surface area contributed by atoms with Crippen molar-refractivity contribution in [3.8, 4) is 5.75 Å². The van der Waals surface area contributed by atoms with Crippen molar-refractivity contribution in [1.29, 1.82) is 0 Å². The number of nitrogens with one attached hydrogen (secondary N) is 2. The average Bonchev–Trinajstić information content (AvgIpc) is 2.29. The topological polar surface area (TPSA) is 93.4 Å². The van der Waals surface area contributed by atoms with Crippen molar-refractivity contribution in [3.63, 3.8) is 0 Å². The number of anilines is 1. The number of benzene rings is 1. The summed E-state index contributed by atoms with van der Waals surface area (Å²) in [6.45, 7) is 0. The molecular weight excluding hydrogens is 198 g/mol. The molecule has 4 N–H and O–H groups in total. The number of ether oxygens (including phenoxy) is 1. The summed E-state index contributed by atoms with van der Waals surface area (Å²) in [6, 6.07) is 6.55. The van der Waals surface area contributed by atoms with Crippen LogP contribution >= 0.6 is 0 Å². The Hall–Kier alpha value is -2.08. The predicted molar refractivity (Wildman–Crippen MR) is 54.0 cm³/mol. The average molecular weight is 209 g/mol. The van der Waals surface area contributed by atoms with Gasteiger partial charge in [0.1, 0.15) is 5.75 Å². The number of carbonyl (C=O) groups excluding carboxylic acids is 2. The van der Waals surface area contributed by atoms with Crippen molar-refractivity contribution < 1.29 is 14.3 Å². The lowest BCUT2D eigenvalue weighted by Gasteiger charge is -2.04. The maximum atomic E-state index is 11.1. The van der Waals surface area contributed by atoms with Crippen LogP contribution in [-0.2, 0) is 9.59 Å². The number of amides is 2. The fourth-order valence-electron chi connectivity index (χ4n) is 0.928. The van der Waals surface area contributed by atoms with Crippen LogP contribution in [0.25, 0.3) is 0 Å². The van der Waals surface area contributed by atoms with E-state index in [1.165, 1.54) is 7.11 Å². The first-order valence-corrected chi connectivity index (χ1v) is 4.13. The van der Waals surface area contributed by atoms with Crippen LogP contribution < -0.4 is 21.3 Å². The van der Waals surface area contributed by atoms with Gasteiger partial charge < -0.3 is 10.1 Å². The molecule has 0 bridgehead atoms. The van der Waals surface area contributed by atoms with Gasteiger partial charge in [0.05, 0.1) is 7.11 Å². The lowest BCUT2D eigenvalue weighted by molar-refractivity contribution is -0.136. The Balaban J connectivity index is 2.65. The number of hydrogen-bond donors (Lipinski definition) is 3. The molecule has 0 spiro atoms. The van der Waals surface area contributed by atoms with Gasteiger partial charge in [-0.2, -0.15) is 0 Å². The predicted octanol–water partition coefficient (Wildman–Crippen LogP) is -0.376. The number of hydrogen-bond acceptors (Lipinski definition) is 4. The highest BCUT2D eigenvalue weighted by Crippen LogP contribution is 2.14. The standard InChI is InChI=1S/C9H11N3O3/c1-15-7-4-2-6(3-5-7)11-8(13)9(14)12-10/h2-5H,10H2,1H3,(H,11,13)(H,12,14). The fraction of sp³-hybridized carbons (Fsp3) is 0.111. The van der Waals surface area contributed by atoms with Gasteiger partial charge >= 0.3 is 11.8 Å². The van der Waals surface area contributed by atoms with E-state index in [1.807, 2.05) is 0 Å². The number of carbonyl (C=O) groups is 2. The van der Waals surface area contributed by atoms with Crippen molar-refractivity contribution >= 4 is 17.5 Å². The van der Waals surface area contributed by atoms with Crippen molar-refractivity contribution in [3.05, 3.63) is 24.3 Å². The third-order valence-electron chi connectivity index (χ3n) is 1.69. The summed E-state index contributed by atoms with van der Waals surface area (Å²) in [5, 5.41) is 2.36. The van der Waals surface area contributed by atoms with Gasteiger partial charge in [0.2, 0.25) is 0 Å². The summed E-state index contributed by atoms with van der Waals surface area (Å²) < 4.78 is 4.93. The third-order valence-corrected chi connectivity index (χ3v) is 1.69. The van der Waals surface area contributed by atoms with Gasteiger partial charge in [-0.05, 0) is 24.3 Å². The molecule has 0 aromatic heterocycles. The van der Waals surface area contributed by atoms with Gasteiger partial charge in [0.25, 0.3) is 0 Å². The van der Waals surface area contributed by atoms with Crippen LogP contribution in [0.4, 0.5) is 5.69 Å². The second-order valence-electron chi connectivity index (χ2n) is 2.66. The van der Waals surface area contributed by atoms with E-state index in [0.717, 1.165) is 0 Å². The van der Waals surface area contributed by atoms with Crippen molar-refractivity contribution in [2.24, 2.45) is 5.84 Å². The summed E-state index contributed by atoms with van der Waals surface area (Å²) >= 11 is 0. The number of rotatable bonds is 2. The van der Waals surface area contributed by atoms with E-state index < -0.39 is 11.8 Å². The summed E-state index contributed by atoms with van der Waals surface area (Å²) in [4.78, 5) is 21.8. The molecule has 1 aromatic carbocycles. The van der Waals surface area contributed by atoms with E-state index >= 15 is 0 Å². The molecule has 0 radical (unpaired) electrons. The van der Waals surface area contributed by atoms with E-state index in [1.54, 1.807) is 29.7 Å². The molecule has 80 valence electrons. The van der Waals surface area contributed by atoms with Gasteiger partial charge in [0, 0.05) is 5.69 Å². The molecule has 15 heavy (non-hydrogen) atoms. The Bertz CT molecular complexity index is 361. The van der Waals surface area contributed by atoms with Crippen molar-refractivity contribution in [1.82, 2.24) is 5.43 Å². The second kappa shape index (κ2) is 4.97. The molecule has 0 atom stereocenters. The SMILES string of the molecule is COc1ccc(NC(=O)C(=O)NN)cc1. The molecule has 0 heterocycles. The molecule has 0 unspecified atom stereocenters. The van der Waals surface area contributed by atoms with Crippen LogP contribution in [0.2, 0.25) is 0 Å². The minimum atomic E-state index is -0.897. The van der Waals surface area contributed by atoms with Gasteiger partial charge in [-0.3, -0.25) is 15.0 Å². The Morgan fingerprint density at radius 3 is 2.27 bits per heavy atom. The van der Waals surface area contributed by atoms with Crippen molar-refractivity contribution in [2.75, 3.05) is 12.4 Å². The molecule has 1 aromatic rings. The summed E-state index contributed by atoms with van der Waals surface area (Å²) in [6.07, 6.45) is 0. The maximum Gasteiger partial charge on any atom is 0.323 e. The maximum absolute atomic E-state index is 11.1. The van der Waals surface area contributed by atoms with E-state index in [4.69, 9.17) is 10.6 Å². The van der Waals surface area contributed by atoms with E-state index in [2.05, 4.69) is 5.32 Å². The van der Waals surface area contributed by atoms with Gasteiger partial charge in [-0.15, -0.1) is 0 Å². The molecule has 0 fully saturated rings. The minimum absolute atomic E-state index is 0.490. The Kier molecular flexibility index (Phi) is 3.64. The first-order valence-electron chi connectivity index (χ1n) is 4.13. The zero-order valence-electron chi connectivity index (χ0n) is 8.11.